The lowest BCUT2D eigenvalue weighted by molar-refractivity contribution is -0.103. The summed E-state index contributed by atoms with van der Waals surface area (Å²) in [6.45, 7) is 2.00. The van der Waals surface area contributed by atoms with Gasteiger partial charge in [-0.25, -0.2) is 0 Å². The molecule has 0 aliphatic heterocycles. The van der Waals surface area contributed by atoms with E-state index in [4.69, 9.17) is 0 Å². The molecular weight excluding hydrogens is 172 g/mol. The molecule has 0 amide bonds. The largest absolute Gasteiger partial charge is 0.298 e. The number of carbonyl (C=O) groups excluding carboxylic acids is 1. The number of hydrogen-bond donors (Lipinski definition) is 0. The summed E-state index contributed by atoms with van der Waals surface area (Å²) in [5.41, 5.74) is 2.07. The van der Waals surface area contributed by atoms with Crippen molar-refractivity contribution in [1.82, 2.24) is 0 Å². The van der Waals surface area contributed by atoms with Crippen LogP contribution in [-0.2, 0) is 4.79 Å². The first-order chi connectivity index (χ1) is 6.85. The Morgan fingerprint density at radius 3 is 3.00 bits per heavy atom. The van der Waals surface area contributed by atoms with Crippen LogP contribution in [0.5, 0.6) is 0 Å². The van der Waals surface area contributed by atoms with Crippen molar-refractivity contribution >= 4 is 24.0 Å². The molecular formula is C13H12O. The van der Waals surface area contributed by atoms with Gasteiger partial charge in [0, 0.05) is 0 Å². The molecule has 1 aromatic carbocycles. The van der Waals surface area contributed by atoms with Gasteiger partial charge >= 0.3 is 0 Å². The van der Waals surface area contributed by atoms with Crippen molar-refractivity contribution < 1.29 is 4.79 Å². The third-order valence-electron chi connectivity index (χ3n) is 2.53. The molecule has 1 aromatic rings. The van der Waals surface area contributed by atoms with Crippen molar-refractivity contribution in [2.24, 2.45) is 0 Å². The average Bonchev–Trinajstić information content (AvgIpc) is 2.66. The third-order valence-corrected chi connectivity index (χ3v) is 2.53. The van der Waals surface area contributed by atoms with Crippen molar-refractivity contribution in [1.29, 1.82) is 0 Å². The normalized spacial score (nSPS) is 14.6. The second kappa shape index (κ2) is 3.62. The summed E-state index contributed by atoms with van der Waals surface area (Å²) in [4.78, 5) is 10.8. The highest BCUT2D eigenvalue weighted by atomic mass is 16.1. The standard InChI is InChI=1S/C13H12O/c1-2-10(9-14)13-7-6-11-4-3-5-12(11)8-13/h3-9H,2H2,1H3. The first kappa shape index (κ1) is 8.95. The molecule has 0 radical (unpaired) electrons. The second-order valence-electron chi connectivity index (χ2n) is 3.37. The molecule has 0 N–H and O–H groups in total. The fourth-order valence-electron chi connectivity index (χ4n) is 1.68. The molecule has 0 saturated heterocycles. The highest BCUT2D eigenvalue weighted by Crippen LogP contribution is 2.00. The first-order valence-corrected chi connectivity index (χ1v) is 4.82. The summed E-state index contributed by atoms with van der Waals surface area (Å²) in [5, 5.41) is 2.27. The maximum atomic E-state index is 10.8. The Labute approximate surface area is 83.1 Å². The fraction of sp³-hybridized carbons (Fsp3) is 0.154. The zero-order chi connectivity index (χ0) is 9.97. The van der Waals surface area contributed by atoms with Crippen molar-refractivity contribution in [2.45, 2.75) is 13.3 Å². The Morgan fingerprint density at radius 2 is 2.29 bits per heavy atom. The molecule has 1 aliphatic carbocycles. The Bertz CT molecular complexity index is 507. The van der Waals surface area contributed by atoms with Crippen LogP contribution in [0.2, 0.25) is 0 Å². The van der Waals surface area contributed by atoms with Crippen LogP contribution in [-0.4, -0.2) is 6.29 Å². The Morgan fingerprint density at radius 1 is 1.43 bits per heavy atom. The number of rotatable bonds is 2. The van der Waals surface area contributed by atoms with Gasteiger partial charge in [-0.3, -0.25) is 4.79 Å². The lowest BCUT2D eigenvalue weighted by Crippen LogP contribution is -2.13. The Balaban J connectivity index is 2.69. The summed E-state index contributed by atoms with van der Waals surface area (Å²) >= 11 is 0. The summed E-state index contributed by atoms with van der Waals surface area (Å²) < 4.78 is 0. The Hall–Kier alpha value is -1.63. The van der Waals surface area contributed by atoms with E-state index in [0.717, 1.165) is 23.5 Å². The van der Waals surface area contributed by atoms with Gasteiger partial charge in [0.15, 0.2) is 0 Å². The molecule has 0 saturated carbocycles. The topological polar surface area (TPSA) is 17.1 Å². The van der Waals surface area contributed by atoms with Gasteiger partial charge in [0.2, 0.25) is 0 Å². The van der Waals surface area contributed by atoms with E-state index in [1.807, 2.05) is 19.1 Å². The lowest BCUT2D eigenvalue weighted by Gasteiger charge is -1.96. The van der Waals surface area contributed by atoms with E-state index in [1.54, 1.807) is 0 Å². The van der Waals surface area contributed by atoms with Crippen LogP contribution < -0.4 is 10.4 Å². The molecule has 0 spiro atoms. The van der Waals surface area contributed by atoms with Crippen LogP contribution in [0.25, 0.3) is 17.7 Å². The monoisotopic (exact) mass is 184 g/mol. The van der Waals surface area contributed by atoms with Gasteiger partial charge in [-0.15, -0.1) is 0 Å². The number of carbonyl (C=O) groups is 1. The van der Waals surface area contributed by atoms with E-state index < -0.39 is 0 Å². The van der Waals surface area contributed by atoms with Crippen LogP contribution in [0.4, 0.5) is 0 Å². The van der Waals surface area contributed by atoms with E-state index in [9.17, 15) is 4.79 Å². The van der Waals surface area contributed by atoms with Gasteiger partial charge in [0.25, 0.3) is 0 Å². The maximum absolute atomic E-state index is 10.8. The van der Waals surface area contributed by atoms with Gasteiger partial charge in [-0.1, -0.05) is 37.3 Å². The van der Waals surface area contributed by atoms with Crippen molar-refractivity contribution in [3.63, 3.8) is 0 Å². The molecule has 0 bridgehead atoms. The number of aldehydes is 1. The molecule has 1 nitrogen and oxygen atoms in total. The molecule has 1 heteroatoms. The van der Waals surface area contributed by atoms with E-state index in [1.165, 1.54) is 10.8 Å². The smallest absolute Gasteiger partial charge is 0.146 e. The molecule has 0 atom stereocenters. The van der Waals surface area contributed by atoms with E-state index in [0.29, 0.717) is 0 Å². The minimum Gasteiger partial charge on any atom is -0.298 e. The minimum absolute atomic E-state index is 0.787. The molecule has 14 heavy (non-hydrogen) atoms. The predicted octanol–water partition coefficient (Wildman–Crippen LogP) is 1.25. The summed E-state index contributed by atoms with van der Waals surface area (Å²) in [6, 6.07) is 6.14. The zero-order valence-corrected chi connectivity index (χ0v) is 8.16. The number of benzene rings is 1. The highest BCUT2D eigenvalue weighted by molar-refractivity contribution is 5.98. The quantitative estimate of drug-likeness (QED) is 0.632. The molecule has 0 unspecified atom stereocenters. The second-order valence-corrected chi connectivity index (χ2v) is 3.37. The average molecular weight is 184 g/mol. The van der Waals surface area contributed by atoms with E-state index in [-0.39, 0.29) is 0 Å². The van der Waals surface area contributed by atoms with Gasteiger partial charge in [0.05, 0.1) is 0 Å². The van der Waals surface area contributed by atoms with Gasteiger partial charge in [-0.2, -0.15) is 0 Å². The number of fused-ring (bicyclic) bond motifs is 1. The van der Waals surface area contributed by atoms with Crippen LogP contribution in [0.3, 0.4) is 0 Å². The molecule has 70 valence electrons. The van der Waals surface area contributed by atoms with E-state index in [2.05, 4.69) is 24.3 Å². The fourth-order valence-corrected chi connectivity index (χ4v) is 1.68. The Kier molecular flexibility index (Phi) is 2.32. The minimum atomic E-state index is 0.787. The maximum Gasteiger partial charge on any atom is 0.146 e. The summed E-state index contributed by atoms with van der Waals surface area (Å²) in [6.07, 6.45) is 7.91. The van der Waals surface area contributed by atoms with Gasteiger partial charge in [-0.05, 0) is 34.1 Å². The third kappa shape index (κ3) is 1.41. The molecule has 1 aliphatic rings. The van der Waals surface area contributed by atoms with Crippen LogP contribution in [0, 0.1) is 0 Å². The predicted molar refractivity (Wildman–Crippen MR) is 59.0 cm³/mol. The highest BCUT2D eigenvalue weighted by Gasteiger charge is 1.98. The SMILES string of the molecule is CCC(C=O)=c1ccc2c(c1)C=CC=2. The van der Waals surface area contributed by atoms with Crippen LogP contribution in [0.1, 0.15) is 18.9 Å². The van der Waals surface area contributed by atoms with Crippen LogP contribution in [0.15, 0.2) is 24.3 Å². The van der Waals surface area contributed by atoms with Crippen molar-refractivity contribution in [3.8, 4) is 0 Å². The molecule has 0 heterocycles. The van der Waals surface area contributed by atoms with Gasteiger partial charge in [0.1, 0.15) is 6.29 Å². The number of allylic oxidation sites excluding steroid dienone is 1. The first-order valence-electron chi connectivity index (χ1n) is 4.82. The van der Waals surface area contributed by atoms with E-state index >= 15 is 0 Å². The van der Waals surface area contributed by atoms with Crippen LogP contribution >= 0.6 is 0 Å². The zero-order valence-electron chi connectivity index (χ0n) is 8.16. The van der Waals surface area contributed by atoms with Gasteiger partial charge < -0.3 is 0 Å². The van der Waals surface area contributed by atoms with Crippen molar-refractivity contribution in [3.05, 3.63) is 40.3 Å². The molecule has 2 rings (SSSR count). The summed E-state index contributed by atoms with van der Waals surface area (Å²) in [7, 11) is 0. The molecule has 0 fully saturated rings. The molecule has 0 aromatic heterocycles. The number of hydrogen-bond acceptors (Lipinski definition) is 1. The summed E-state index contributed by atoms with van der Waals surface area (Å²) in [5.74, 6) is 0. The lowest BCUT2D eigenvalue weighted by atomic mass is 10.1. The van der Waals surface area contributed by atoms with Crippen molar-refractivity contribution in [2.75, 3.05) is 0 Å².